The van der Waals surface area contributed by atoms with Gasteiger partial charge in [-0.25, -0.2) is 14.6 Å². The minimum absolute atomic E-state index is 0.0224. The molecule has 13 nitrogen and oxygen atoms in total. The van der Waals surface area contributed by atoms with Crippen molar-refractivity contribution < 1.29 is 34.4 Å². The number of nitrogen functional groups attached to an aromatic ring is 1. The second-order valence-corrected chi connectivity index (χ2v) is 8.73. The summed E-state index contributed by atoms with van der Waals surface area (Å²) in [6, 6.07) is 7.10. The van der Waals surface area contributed by atoms with Crippen LogP contribution in [0.5, 0.6) is 0 Å². The fourth-order valence-electron chi connectivity index (χ4n) is 4.03. The minimum atomic E-state index is -2.61. The summed E-state index contributed by atoms with van der Waals surface area (Å²) >= 11 is 5.91. The van der Waals surface area contributed by atoms with Crippen molar-refractivity contribution in [2.75, 3.05) is 12.3 Å². The number of aromatic nitrogens is 4. The van der Waals surface area contributed by atoms with E-state index < -0.39 is 54.5 Å². The predicted octanol–water partition coefficient (Wildman–Crippen LogP) is 0.205. The first-order valence-electron chi connectivity index (χ1n) is 10.4. The van der Waals surface area contributed by atoms with E-state index in [9.17, 15) is 24.9 Å². The average molecular weight is 507 g/mol. The van der Waals surface area contributed by atoms with Crippen LogP contribution in [-0.2, 0) is 25.5 Å². The first-order valence-corrected chi connectivity index (χ1v) is 10.8. The third kappa shape index (κ3) is 4.28. The van der Waals surface area contributed by atoms with Gasteiger partial charge in [-0.3, -0.25) is 4.57 Å². The summed E-state index contributed by atoms with van der Waals surface area (Å²) < 4.78 is 12.8. The lowest BCUT2D eigenvalue weighted by Gasteiger charge is -2.29. The first-order chi connectivity index (χ1) is 16.5. The lowest BCUT2D eigenvalue weighted by atomic mass is 9.93. The van der Waals surface area contributed by atoms with Crippen LogP contribution in [0.1, 0.15) is 18.7 Å². The molecular formula is C21H23ClN6O7. The highest BCUT2D eigenvalue weighted by atomic mass is 35.5. The van der Waals surface area contributed by atoms with Gasteiger partial charge in [0.05, 0.1) is 19.0 Å². The number of aliphatic hydroxyl groups is 1. The molecule has 35 heavy (non-hydrogen) atoms. The number of nitrogens with two attached hydrogens (primary N) is 2. The van der Waals surface area contributed by atoms with E-state index in [0.29, 0.717) is 5.56 Å². The van der Waals surface area contributed by atoms with Crippen molar-refractivity contribution in [1.29, 1.82) is 0 Å². The molecule has 0 spiro atoms. The summed E-state index contributed by atoms with van der Waals surface area (Å²) in [6.07, 6.45) is -1.37. The Kier molecular flexibility index (Phi) is 6.38. The van der Waals surface area contributed by atoms with Crippen LogP contribution < -0.4 is 11.5 Å². The maximum Gasteiger partial charge on any atom is 0.348 e. The second-order valence-electron chi connectivity index (χ2n) is 8.39. The number of halogens is 1. The van der Waals surface area contributed by atoms with E-state index in [1.165, 1.54) is 17.8 Å². The van der Waals surface area contributed by atoms with E-state index in [1.54, 1.807) is 30.3 Å². The van der Waals surface area contributed by atoms with Crippen LogP contribution in [0, 0.1) is 0 Å². The Hall–Kier alpha value is -3.36. The van der Waals surface area contributed by atoms with Gasteiger partial charge in [-0.1, -0.05) is 30.3 Å². The van der Waals surface area contributed by atoms with Gasteiger partial charge in [0, 0.05) is 6.42 Å². The van der Waals surface area contributed by atoms with Crippen molar-refractivity contribution in [2.24, 2.45) is 5.73 Å². The molecule has 0 radical (unpaired) electrons. The summed E-state index contributed by atoms with van der Waals surface area (Å²) in [7, 11) is 0. The van der Waals surface area contributed by atoms with Crippen LogP contribution in [0.15, 0.2) is 36.7 Å². The molecule has 1 aliphatic heterocycles. The molecule has 3 aromatic rings. The van der Waals surface area contributed by atoms with Gasteiger partial charge in [-0.05, 0) is 24.1 Å². The molecule has 0 amide bonds. The first kappa shape index (κ1) is 24.8. The van der Waals surface area contributed by atoms with Crippen molar-refractivity contribution >= 4 is 40.5 Å². The second kappa shape index (κ2) is 9.02. The number of carboxylic acid groups (broad SMARTS) is 2. The molecule has 14 heteroatoms. The van der Waals surface area contributed by atoms with Gasteiger partial charge < -0.3 is 36.3 Å². The lowest BCUT2D eigenvalue weighted by molar-refractivity contribution is -0.188. The van der Waals surface area contributed by atoms with Crippen molar-refractivity contribution in [3.63, 3.8) is 0 Å². The molecule has 186 valence electrons. The number of fused-ring (bicyclic) bond motifs is 1. The quantitative estimate of drug-likeness (QED) is 0.205. The number of hydrogen-bond acceptors (Lipinski definition) is 10. The van der Waals surface area contributed by atoms with E-state index >= 15 is 0 Å². The Balaban J connectivity index is 1.61. The number of carboxylic acids is 2. The maximum absolute atomic E-state index is 12.1. The van der Waals surface area contributed by atoms with Crippen LogP contribution in [0.4, 0.5) is 5.82 Å². The number of carbonyl (C=O) groups is 2. The van der Waals surface area contributed by atoms with Crippen LogP contribution >= 0.6 is 11.6 Å². The highest BCUT2D eigenvalue weighted by molar-refractivity contribution is 6.28. The Morgan fingerprint density at radius 2 is 1.91 bits per heavy atom. The van der Waals surface area contributed by atoms with Crippen molar-refractivity contribution in [3.8, 4) is 0 Å². The fraction of sp³-hybridized carbons (Fsp3) is 0.381. The van der Waals surface area contributed by atoms with E-state index in [1.807, 2.05) is 0 Å². The van der Waals surface area contributed by atoms with Gasteiger partial charge >= 0.3 is 11.9 Å². The molecule has 1 aliphatic rings. The summed E-state index contributed by atoms with van der Waals surface area (Å²) in [5.41, 5.74) is 8.58. The number of anilines is 1. The third-order valence-corrected chi connectivity index (χ3v) is 6.20. The number of benzene rings is 1. The summed E-state index contributed by atoms with van der Waals surface area (Å²) in [5.74, 6) is -3.36. The molecule has 1 aromatic carbocycles. The highest BCUT2D eigenvalue weighted by Crippen LogP contribution is 2.39. The van der Waals surface area contributed by atoms with E-state index in [4.69, 9.17) is 32.5 Å². The maximum atomic E-state index is 12.1. The van der Waals surface area contributed by atoms with Crippen LogP contribution in [0.2, 0.25) is 5.28 Å². The fourth-order valence-corrected chi connectivity index (χ4v) is 4.20. The standard InChI is InChI=1S/C21H23ClN6O7/c1-20(33)13(23)11(35-16(20)28-9-25-12-14(24)26-19(22)27-15(12)28)8-34-21(17(29)30,18(31)32)7-10-5-3-2-4-6-10/h2-6,9,11,13,16,33H,7-8,23H2,1H3,(H,29,30)(H,31,32)(H2,24,26,27)/t11-,13-,16-,20+/m1/s1. The molecule has 0 saturated carbocycles. The summed E-state index contributed by atoms with van der Waals surface area (Å²) in [4.78, 5) is 36.2. The van der Waals surface area contributed by atoms with Crippen LogP contribution in [0.3, 0.4) is 0 Å². The van der Waals surface area contributed by atoms with Gasteiger partial charge in [-0.15, -0.1) is 0 Å². The van der Waals surface area contributed by atoms with Gasteiger partial charge in [0.15, 0.2) is 17.7 Å². The van der Waals surface area contributed by atoms with Gasteiger partial charge in [0.1, 0.15) is 17.2 Å². The number of ether oxygens (including phenoxy) is 2. The molecular weight excluding hydrogens is 484 g/mol. The van der Waals surface area contributed by atoms with Gasteiger partial charge in [0.2, 0.25) is 5.28 Å². The van der Waals surface area contributed by atoms with Gasteiger partial charge in [0.25, 0.3) is 5.60 Å². The van der Waals surface area contributed by atoms with Crippen LogP contribution in [-0.4, -0.2) is 76.7 Å². The highest BCUT2D eigenvalue weighted by Gasteiger charge is 2.55. The molecule has 1 saturated heterocycles. The smallest absolute Gasteiger partial charge is 0.348 e. The van der Waals surface area contributed by atoms with E-state index in [-0.39, 0.29) is 22.3 Å². The van der Waals surface area contributed by atoms with Crippen molar-refractivity contribution in [2.45, 2.75) is 42.9 Å². The average Bonchev–Trinajstić information content (AvgIpc) is 3.30. The molecule has 3 heterocycles. The SMILES string of the molecule is C[C@]1(O)[C@H](N)[C@@H](COC(Cc2ccccc2)(C(=O)O)C(=O)O)O[C@H]1n1cnc2c(N)nc(Cl)nc21. The number of aliphatic carboxylic acids is 2. The molecule has 0 bridgehead atoms. The topological polar surface area (TPSA) is 209 Å². The molecule has 0 unspecified atom stereocenters. The Morgan fingerprint density at radius 3 is 2.54 bits per heavy atom. The normalized spacial score (nSPS) is 24.6. The molecule has 2 aromatic heterocycles. The Morgan fingerprint density at radius 1 is 1.26 bits per heavy atom. The van der Waals surface area contributed by atoms with E-state index in [2.05, 4.69) is 15.0 Å². The molecule has 7 N–H and O–H groups in total. The number of hydrogen-bond donors (Lipinski definition) is 5. The monoisotopic (exact) mass is 506 g/mol. The zero-order valence-corrected chi connectivity index (χ0v) is 19.2. The Labute approximate surface area is 203 Å². The number of nitrogens with zero attached hydrogens (tertiary/aromatic N) is 4. The largest absolute Gasteiger partial charge is 0.479 e. The molecule has 4 rings (SSSR count). The van der Waals surface area contributed by atoms with Crippen molar-refractivity contribution in [1.82, 2.24) is 19.5 Å². The zero-order chi connectivity index (χ0) is 25.5. The van der Waals surface area contributed by atoms with Crippen molar-refractivity contribution in [3.05, 3.63) is 47.5 Å². The van der Waals surface area contributed by atoms with E-state index in [0.717, 1.165) is 0 Å². The zero-order valence-electron chi connectivity index (χ0n) is 18.4. The predicted molar refractivity (Wildman–Crippen MR) is 121 cm³/mol. The summed E-state index contributed by atoms with van der Waals surface area (Å²) in [5, 5.41) is 30.6. The summed E-state index contributed by atoms with van der Waals surface area (Å²) in [6.45, 7) is 0.871. The van der Waals surface area contributed by atoms with Crippen LogP contribution in [0.25, 0.3) is 11.2 Å². The lowest BCUT2D eigenvalue weighted by Crippen LogP contribution is -2.54. The number of rotatable bonds is 8. The van der Waals surface area contributed by atoms with Gasteiger partial charge in [-0.2, -0.15) is 9.97 Å². The minimum Gasteiger partial charge on any atom is -0.479 e. The Bertz CT molecular complexity index is 1250. The molecule has 0 aliphatic carbocycles. The molecule has 1 fully saturated rings. The molecule has 4 atom stereocenters. The number of imidazole rings is 1. The third-order valence-electron chi connectivity index (χ3n) is 6.03.